The lowest BCUT2D eigenvalue weighted by molar-refractivity contribution is 0.0980. The number of benzene rings is 2. The lowest BCUT2D eigenvalue weighted by Crippen LogP contribution is -2.47. The first kappa shape index (κ1) is 22.8. The van der Waals surface area contributed by atoms with Crippen molar-refractivity contribution in [3.63, 3.8) is 0 Å². The van der Waals surface area contributed by atoms with Gasteiger partial charge in [-0.25, -0.2) is 18.4 Å². The smallest absolute Gasteiger partial charge is 0.305 e. The van der Waals surface area contributed by atoms with Crippen LogP contribution in [0, 0.1) is 5.82 Å². The molecule has 10 heteroatoms. The SMILES string of the molecule is CN(C)Cc1ccc(N2c3nc(-c4ccccc4F)c(Cl)cc3C(=O)NS2(=O)=O)c(C2CC2)c1. The maximum Gasteiger partial charge on any atom is 0.332 e. The van der Waals surface area contributed by atoms with E-state index in [1.54, 1.807) is 12.1 Å². The van der Waals surface area contributed by atoms with Crippen LogP contribution in [0.1, 0.15) is 40.2 Å². The van der Waals surface area contributed by atoms with E-state index in [0.29, 0.717) is 12.2 Å². The summed E-state index contributed by atoms with van der Waals surface area (Å²) in [5.41, 5.74) is 2.51. The average molecular weight is 501 g/mol. The zero-order valence-electron chi connectivity index (χ0n) is 18.5. The Bertz CT molecular complexity index is 1420. The Morgan fingerprint density at radius 1 is 1.15 bits per heavy atom. The quantitative estimate of drug-likeness (QED) is 0.553. The largest absolute Gasteiger partial charge is 0.332 e. The number of anilines is 2. The van der Waals surface area contributed by atoms with E-state index in [1.807, 2.05) is 31.1 Å². The van der Waals surface area contributed by atoms with E-state index < -0.39 is 21.9 Å². The minimum atomic E-state index is -4.30. The van der Waals surface area contributed by atoms with Crippen molar-refractivity contribution in [3.05, 3.63) is 76.1 Å². The molecule has 2 aromatic carbocycles. The number of carbonyl (C=O) groups is 1. The Morgan fingerprint density at radius 3 is 2.56 bits per heavy atom. The molecule has 1 aliphatic heterocycles. The average Bonchev–Trinajstić information content (AvgIpc) is 3.60. The topological polar surface area (TPSA) is 82.6 Å². The first-order valence-electron chi connectivity index (χ1n) is 10.8. The maximum absolute atomic E-state index is 14.5. The third kappa shape index (κ3) is 4.04. The monoisotopic (exact) mass is 500 g/mol. The second-order valence-electron chi connectivity index (χ2n) is 8.78. The van der Waals surface area contributed by atoms with E-state index in [4.69, 9.17) is 11.6 Å². The lowest BCUT2D eigenvalue weighted by atomic mass is 10.0. The van der Waals surface area contributed by atoms with Crippen LogP contribution in [0.3, 0.4) is 0 Å². The van der Waals surface area contributed by atoms with Crippen molar-refractivity contribution in [1.82, 2.24) is 14.6 Å². The molecular weight excluding hydrogens is 479 g/mol. The van der Waals surface area contributed by atoms with Crippen molar-refractivity contribution in [2.24, 2.45) is 0 Å². The second-order valence-corrected chi connectivity index (χ2v) is 10.7. The molecule has 1 amide bonds. The number of carbonyl (C=O) groups excluding carboxylic acids is 1. The van der Waals surface area contributed by atoms with Gasteiger partial charge in [-0.2, -0.15) is 8.42 Å². The minimum Gasteiger partial charge on any atom is -0.305 e. The van der Waals surface area contributed by atoms with Crippen LogP contribution in [0.5, 0.6) is 0 Å². The molecule has 7 nitrogen and oxygen atoms in total. The van der Waals surface area contributed by atoms with Crippen LogP contribution in [0.2, 0.25) is 5.02 Å². The number of aromatic nitrogens is 1. The third-order valence-electron chi connectivity index (χ3n) is 5.81. The molecule has 1 saturated carbocycles. The second kappa shape index (κ2) is 8.33. The molecule has 0 atom stereocenters. The molecular formula is C24H22ClFN4O3S. The van der Waals surface area contributed by atoms with Crippen molar-refractivity contribution >= 4 is 39.2 Å². The van der Waals surface area contributed by atoms with Crippen LogP contribution in [0.15, 0.2) is 48.5 Å². The van der Waals surface area contributed by atoms with Gasteiger partial charge in [-0.3, -0.25) is 4.79 Å². The van der Waals surface area contributed by atoms with Crippen molar-refractivity contribution in [1.29, 1.82) is 0 Å². The number of nitrogens with one attached hydrogen (secondary N) is 1. The van der Waals surface area contributed by atoms with Crippen LogP contribution in [-0.4, -0.2) is 38.3 Å². The molecule has 1 aliphatic carbocycles. The summed E-state index contributed by atoms with van der Waals surface area (Å²) < 4.78 is 44.2. The maximum atomic E-state index is 14.5. The molecule has 0 bridgehead atoms. The number of rotatable bonds is 5. The van der Waals surface area contributed by atoms with Gasteiger partial charge in [0, 0.05) is 12.1 Å². The van der Waals surface area contributed by atoms with E-state index in [0.717, 1.165) is 28.3 Å². The Hall–Kier alpha value is -3.01. The van der Waals surface area contributed by atoms with Gasteiger partial charge >= 0.3 is 10.2 Å². The van der Waals surface area contributed by atoms with Crippen LogP contribution in [-0.2, 0) is 16.8 Å². The predicted molar refractivity (Wildman–Crippen MR) is 129 cm³/mol. The van der Waals surface area contributed by atoms with Crippen molar-refractivity contribution < 1.29 is 17.6 Å². The molecule has 1 N–H and O–H groups in total. The summed E-state index contributed by atoms with van der Waals surface area (Å²) in [7, 11) is -0.378. The van der Waals surface area contributed by atoms with Gasteiger partial charge in [0.1, 0.15) is 5.82 Å². The third-order valence-corrected chi connectivity index (χ3v) is 7.39. The highest BCUT2D eigenvalue weighted by atomic mass is 35.5. The van der Waals surface area contributed by atoms with Crippen LogP contribution < -0.4 is 9.03 Å². The Labute approximate surface area is 202 Å². The zero-order valence-corrected chi connectivity index (χ0v) is 20.1. The van der Waals surface area contributed by atoms with Crippen molar-refractivity contribution in [2.75, 3.05) is 18.4 Å². The minimum absolute atomic E-state index is 0.000899. The molecule has 176 valence electrons. The zero-order chi connectivity index (χ0) is 24.2. The molecule has 0 saturated heterocycles. The highest BCUT2D eigenvalue weighted by Crippen LogP contribution is 2.48. The molecule has 3 aromatic rings. The van der Waals surface area contributed by atoms with Gasteiger partial charge in [-0.05, 0) is 68.2 Å². The highest BCUT2D eigenvalue weighted by Gasteiger charge is 2.40. The summed E-state index contributed by atoms with van der Waals surface area (Å²) in [5.74, 6) is -1.28. The van der Waals surface area contributed by atoms with Gasteiger partial charge in [-0.15, -0.1) is 0 Å². The number of halogens is 2. The molecule has 1 aromatic heterocycles. The standard InChI is InChI=1S/C24H22ClFN4O3S/c1-29(2)13-14-7-10-21(17(11-14)15-8-9-15)30-23-18(24(31)28-34(30,32)33)12-19(25)22(27-23)16-5-3-4-6-20(16)26/h3-7,10-12,15H,8-9,13H2,1-2H3,(H,28,31). The molecule has 2 aliphatic rings. The number of amides is 1. The Kier molecular flexibility index (Phi) is 5.58. The first-order chi connectivity index (χ1) is 16.2. The molecule has 0 unspecified atom stereocenters. The number of hydrogen-bond acceptors (Lipinski definition) is 5. The number of pyridine rings is 1. The van der Waals surface area contributed by atoms with E-state index in [2.05, 4.69) is 9.71 Å². The van der Waals surface area contributed by atoms with Crippen LogP contribution >= 0.6 is 11.6 Å². The predicted octanol–water partition coefficient (Wildman–Crippen LogP) is 4.61. The molecule has 34 heavy (non-hydrogen) atoms. The van der Waals surface area contributed by atoms with Crippen molar-refractivity contribution in [2.45, 2.75) is 25.3 Å². The van der Waals surface area contributed by atoms with E-state index in [1.165, 1.54) is 24.3 Å². The number of hydrogen-bond donors (Lipinski definition) is 1. The van der Waals surface area contributed by atoms with Gasteiger partial charge in [0.05, 0.1) is 22.0 Å². The number of fused-ring (bicyclic) bond motifs is 1. The van der Waals surface area contributed by atoms with Crippen LogP contribution in [0.4, 0.5) is 15.9 Å². The molecule has 5 rings (SSSR count). The van der Waals surface area contributed by atoms with Gasteiger partial charge in [0.2, 0.25) is 0 Å². The van der Waals surface area contributed by atoms with E-state index in [-0.39, 0.29) is 33.6 Å². The molecule has 1 fully saturated rings. The Morgan fingerprint density at radius 2 is 1.88 bits per heavy atom. The summed E-state index contributed by atoms with van der Waals surface area (Å²) in [5, 5.41) is 0.0435. The normalized spacial score (nSPS) is 17.0. The molecule has 2 heterocycles. The summed E-state index contributed by atoms with van der Waals surface area (Å²) >= 11 is 6.38. The lowest BCUT2D eigenvalue weighted by Gasteiger charge is -2.31. The van der Waals surface area contributed by atoms with Gasteiger partial charge in [0.15, 0.2) is 5.82 Å². The van der Waals surface area contributed by atoms with Gasteiger partial charge < -0.3 is 4.90 Å². The molecule has 0 radical (unpaired) electrons. The summed E-state index contributed by atoms with van der Waals surface area (Å²) in [6, 6.07) is 12.9. The summed E-state index contributed by atoms with van der Waals surface area (Å²) in [4.78, 5) is 19.1. The van der Waals surface area contributed by atoms with E-state index >= 15 is 0 Å². The van der Waals surface area contributed by atoms with Gasteiger partial charge in [0.25, 0.3) is 5.91 Å². The highest BCUT2D eigenvalue weighted by molar-refractivity contribution is 7.92. The fourth-order valence-electron chi connectivity index (χ4n) is 4.19. The van der Waals surface area contributed by atoms with Crippen LogP contribution in [0.25, 0.3) is 11.3 Å². The first-order valence-corrected chi connectivity index (χ1v) is 12.6. The van der Waals surface area contributed by atoms with Crippen molar-refractivity contribution in [3.8, 4) is 11.3 Å². The Balaban J connectivity index is 1.73. The van der Waals surface area contributed by atoms with Gasteiger partial charge in [-0.1, -0.05) is 35.9 Å². The fourth-order valence-corrected chi connectivity index (χ4v) is 5.67. The van der Waals surface area contributed by atoms with E-state index in [9.17, 15) is 17.6 Å². The number of nitrogens with zero attached hydrogens (tertiary/aromatic N) is 3. The summed E-state index contributed by atoms with van der Waals surface area (Å²) in [6.07, 6.45) is 1.89. The molecule has 0 spiro atoms. The summed E-state index contributed by atoms with van der Waals surface area (Å²) in [6.45, 7) is 0.700. The fraction of sp³-hybridized carbons (Fsp3) is 0.250.